The fourth-order valence-corrected chi connectivity index (χ4v) is 1.64. The number of benzene rings is 1. The number of carbonyl (C=O) groups excluding carboxylic acids is 1. The van der Waals surface area contributed by atoms with Gasteiger partial charge in [0.25, 0.3) is 11.8 Å². The van der Waals surface area contributed by atoms with Crippen molar-refractivity contribution < 1.29 is 14.1 Å². The van der Waals surface area contributed by atoms with Crippen molar-refractivity contribution >= 4 is 23.2 Å². The van der Waals surface area contributed by atoms with Crippen molar-refractivity contribution in [2.45, 2.75) is 13.8 Å². The second-order valence-electron chi connectivity index (χ2n) is 4.07. The molecule has 0 aliphatic rings. The number of aromatic nitrogens is 1. The van der Waals surface area contributed by atoms with Gasteiger partial charge in [0, 0.05) is 16.8 Å². The van der Waals surface area contributed by atoms with E-state index < -0.39 is 0 Å². The van der Waals surface area contributed by atoms with Crippen molar-refractivity contribution in [3.05, 3.63) is 40.6 Å². The summed E-state index contributed by atoms with van der Waals surface area (Å²) < 4.78 is 10.0. The van der Waals surface area contributed by atoms with Crippen LogP contribution in [0.2, 0.25) is 5.02 Å². The van der Waals surface area contributed by atoms with Gasteiger partial charge < -0.3 is 14.6 Å². The first-order valence-electron chi connectivity index (χ1n) is 5.67. The molecule has 0 radical (unpaired) electrons. The van der Waals surface area contributed by atoms with Crippen molar-refractivity contribution in [1.29, 1.82) is 0 Å². The number of hydrogen-bond donors (Lipinski definition) is 1. The number of nitrogens with zero attached hydrogens (tertiary/aromatic N) is 1. The van der Waals surface area contributed by atoms with Crippen LogP contribution in [0.1, 0.15) is 11.3 Å². The number of nitrogens with one attached hydrogen (secondary N) is 1. The highest BCUT2D eigenvalue weighted by Gasteiger charge is 2.08. The first-order valence-corrected chi connectivity index (χ1v) is 6.04. The number of carbonyl (C=O) groups is 1. The van der Waals surface area contributed by atoms with E-state index in [2.05, 4.69) is 10.5 Å². The Balaban J connectivity index is 1.92. The van der Waals surface area contributed by atoms with Gasteiger partial charge in [-0.1, -0.05) is 17.7 Å². The van der Waals surface area contributed by atoms with Crippen molar-refractivity contribution in [2.75, 3.05) is 11.9 Å². The Kier molecular flexibility index (Phi) is 4.06. The molecule has 0 saturated heterocycles. The first kappa shape index (κ1) is 13.4. The van der Waals surface area contributed by atoms with Crippen molar-refractivity contribution in [3.63, 3.8) is 0 Å². The van der Waals surface area contributed by atoms with Gasteiger partial charge in [0.05, 0.1) is 0 Å². The van der Waals surface area contributed by atoms with Crippen LogP contribution in [0, 0.1) is 13.8 Å². The van der Waals surface area contributed by atoms with Crippen molar-refractivity contribution in [2.24, 2.45) is 0 Å². The van der Waals surface area contributed by atoms with E-state index in [4.69, 9.17) is 20.9 Å². The molecule has 1 aromatic heterocycles. The lowest BCUT2D eigenvalue weighted by atomic mass is 10.2. The van der Waals surface area contributed by atoms with E-state index in [-0.39, 0.29) is 18.4 Å². The van der Waals surface area contributed by atoms with Gasteiger partial charge in [-0.05, 0) is 36.7 Å². The highest BCUT2D eigenvalue weighted by molar-refractivity contribution is 6.31. The number of aryl methyl sites for hydroxylation is 2. The molecule has 6 heteroatoms. The van der Waals surface area contributed by atoms with Crippen LogP contribution in [0.4, 0.5) is 5.69 Å². The second kappa shape index (κ2) is 5.75. The third kappa shape index (κ3) is 3.72. The van der Waals surface area contributed by atoms with E-state index in [0.29, 0.717) is 16.5 Å². The second-order valence-corrected chi connectivity index (χ2v) is 4.51. The fraction of sp³-hybridized carbons (Fsp3) is 0.231. The Morgan fingerprint density at radius 2 is 2.21 bits per heavy atom. The molecule has 1 heterocycles. The van der Waals surface area contributed by atoms with E-state index in [9.17, 15) is 4.79 Å². The molecule has 0 aliphatic carbocycles. The molecule has 0 saturated carbocycles. The first-order chi connectivity index (χ1) is 9.04. The Morgan fingerprint density at radius 1 is 1.42 bits per heavy atom. The Bertz CT molecular complexity index is 595. The van der Waals surface area contributed by atoms with Gasteiger partial charge in [-0.2, -0.15) is 0 Å². The minimum atomic E-state index is -0.286. The lowest BCUT2D eigenvalue weighted by molar-refractivity contribution is -0.118. The molecule has 0 atom stereocenters. The predicted octanol–water partition coefficient (Wildman–Crippen LogP) is 2.96. The van der Waals surface area contributed by atoms with Gasteiger partial charge in [-0.25, -0.2) is 0 Å². The van der Waals surface area contributed by atoms with Gasteiger partial charge in [-0.3, -0.25) is 4.79 Å². The quantitative estimate of drug-likeness (QED) is 0.935. The third-order valence-electron chi connectivity index (χ3n) is 2.43. The summed E-state index contributed by atoms with van der Waals surface area (Å²) >= 11 is 5.87. The smallest absolute Gasteiger partial charge is 0.262 e. The average Bonchev–Trinajstić information content (AvgIpc) is 2.77. The number of anilines is 1. The van der Waals surface area contributed by atoms with Crippen LogP contribution in [-0.4, -0.2) is 17.7 Å². The molecular formula is C13H13ClN2O3. The van der Waals surface area contributed by atoms with E-state index in [0.717, 1.165) is 5.56 Å². The summed E-state index contributed by atoms with van der Waals surface area (Å²) in [5.41, 5.74) is 1.59. The van der Waals surface area contributed by atoms with Gasteiger partial charge in [0.1, 0.15) is 5.76 Å². The Hall–Kier alpha value is -2.01. The summed E-state index contributed by atoms with van der Waals surface area (Å²) in [5, 5.41) is 6.91. The molecular weight excluding hydrogens is 268 g/mol. The molecule has 1 amide bonds. The molecule has 5 nitrogen and oxygen atoms in total. The molecule has 19 heavy (non-hydrogen) atoms. The highest BCUT2D eigenvalue weighted by Crippen LogP contribution is 2.20. The maximum atomic E-state index is 11.7. The van der Waals surface area contributed by atoms with Crippen LogP contribution in [0.25, 0.3) is 0 Å². The van der Waals surface area contributed by atoms with E-state index >= 15 is 0 Å². The maximum absolute atomic E-state index is 11.7. The minimum Gasteiger partial charge on any atom is -0.465 e. The number of amides is 1. The van der Waals surface area contributed by atoms with Crippen molar-refractivity contribution in [3.8, 4) is 5.88 Å². The van der Waals surface area contributed by atoms with Crippen LogP contribution in [0.5, 0.6) is 5.88 Å². The number of rotatable bonds is 4. The van der Waals surface area contributed by atoms with E-state index in [1.165, 1.54) is 0 Å². The van der Waals surface area contributed by atoms with Crippen molar-refractivity contribution in [1.82, 2.24) is 5.16 Å². The van der Waals surface area contributed by atoms with Crippen LogP contribution >= 0.6 is 11.6 Å². The molecule has 0 fully saturated rings. The van der Waals surface area contributed by atoms with E-state index in [1.807, 2.05) is 13.0 Å². The summed E-state index contributed by atoms with van der Waals surface area (Å²) in [7, 11) is 0. The Morgan fingerprint density at radius 3 is 2.89 bits per heavy atom. The zero-order chi connectivity index (χ0) is 13.8. The van der Waals surface area contributed by atoms with Gasteiger partial charge in [0.2, 0.25) is 0 Å². The van der Waals surface area contributed by atoms with E-state index in [1.54, 1.807) is 25.1 Å². The zero-order valence-corrected chi connectivity index (χ0v) is 11.3. The summed E-state index contributed by atoms with van der Waals surface area (Å²) in [6.07, 6.45) is 0. The van der Waals surface area contributed by atoms with Crippen LogP contribution < -0.4 is 10.1 Å². The molecule has 2 rings (SSSR count). The van der Waals surface area contributed by atoms with Gasteiger partial charge in [0.15, 0.2) is 6.61 Å². The summed E-state index contributed by atoms with van der Waals surface area (Å²) in [5.74, 6) is 0.627. The molecule has 2 aromatic rings. The summed E-state index contributed by atoms with van der Waals surface area (Å²) in [6, 6.07) is 6.90. The molecule has 100 valence electrons. The predicted molar refractivity (Wildman–Crippen MR) is 71.6 cm³/mol. The SMILES string of the molecule is Cc1cc(OCC(=O)Nc2cc(Cl)ccc2C)no1. The molecule has 1 N–H and O–H groups in total. The third-order valence-corrected chi connectivity index (χ3v) is 2.67. The molecule has 0 bridgehead atoms. The number of halogens is 1. The summed E-state index contributed by atoms with van der Waals surface area (Å²) in [6.45, 7) is 3.49. The number of ether oxygens (including phenoxy) is 1. The monoisotopic (exact) mass is 280 g/mol. The average molecular weight is 281 g/mol. The largest absolute Gasteiger partial charge is 0.465 e. The zero-order valence-electron chi connectivity index (χ0n) is 10.6. The molecule has 1 aromatic carbocycles. The normalized spacial score (nSPS) is 10.3. The molecule has 0 aliphatic heterocycles. The lowest BCUT2D eigenvalue weighted by Crippen LogP contribution is -2.20. The topological polar surface area (TPSA) is 64.4 Å². The highest BCUT2D eigenvalue weighted by atomic mass is 35.5. The van der Waals surface area contributed by atoms with Gasteiger partial charge in [-0.15, -0.1) is 0 Å². The van der Waals surface area contributed by atoms with Gasteiger partial charge >= 0.3 is 0 Å². The maximum Gasteiger partial charge on any atom is 0.262 e. The lowest BCUT2D eigenvalue weighted by Gasteiger charge is -2.08. The fourth-order valence-electron chi connectivity index (χ4n) is 1.47. The minimum absolute atomic E-state index is 0.141. The standard InChI is InChI=1S/C13H13ClN2O3/c1-8-3-4-10(14)6-11(8)15-12(17)7-18-13-5-9(2)19-16-13/h3-6H,7H2,1-2H3,(H,15,17). The number of hydrogen-bond acceptors (Lipinski definition) is 4. The molecule has 0 spiro atoms. The molecule has 0 unspecified atom stereocenters. The van der Waals surface area contributed by atoms with Crippen LogP contribution in [0.15, 0.2) is 28.8 Å². The summed E-state index contributed by atoms with van der Waals surface area (Å²) in [4.78, 5) is 11.7. The Labute approximate surface area is 115 Å². The van der Waals surface area contributed by atoms with Crippen LogP contribution in [0.3, 0.4) is 0 Å². The van der Waals surface area contributed by atoms with Crippen LogP contribution in [-0.2, 0) is 4.79 Å².